The molecule has 0 saturated heterocycles. The first kappa shape index (κ1) is 28.0. The molecule has 6 heteroatoms. The fraction of sp³-hybridized carbons (Fsp3) is 0.0222. The second-order valence-corrected chi connectivity index (χ2v) is 13.1. The highest BCUT2D eigenvalue weighted by molar-refractivity contribution is 6.11. The predicted octanol–water partition coefficient (Wildman–Crippen LogP) is 10.6. The van der Waals surface area contributed by atoms with Gasteiger partial charge in [-0.2, -0.15) is 0 Å². The van der Waals surface area contributed by atoms with Crippen LogP contribution in [0.4, 0.5) is 0 Å². The van der Waals surface area contributed by atoms with E-state index < -0.39 is 5.41 Å². The summed E-state index contributed by atoms with van der Waals surface area (Å²) in [5, 5.41) is 2.40. The van der Waals surface area contributed by atoms with Gasteiger partial charge in [-0.1, -0.05) is 97.1 Å². The molecule has 51 heavy (non-hydrogen) atoms. The van der Waals surface area contributed by atoms with Gasteiger partial charge in [0.25, 0.3) is 0 Å². The number of oxazole rings is 2. The molecule has 2 aliphatic carbocycles. The van der Waals surface area contributed by atoms with Gasteiger partial charge in [0.1, 0.15) is 11.4 Å². The van der Waals surface area contributed by atoms with Crippen LogP contribution in [0, 0.1) is 0 Å². The topological polar surface area (TPSA) is 77.8 Å². The normalized spacial score (nSPS) is 13.3. The van der Waals surface area contributed by atoms with Gasteiger partial charge in [0.15, 0.2) is 24.3 Å². The lowest BCUT2D eigenvalue weighted by atomic mass is 9.69. The molecule has 0 amide bonds. The maximum atomic E-state index is 5.54. The molecule has 0 saturated carbocycles. The molecule has 0 aliphatic heterocycles. The van der Waals surface area contributed by atoms with Crippen LogP contribution in [0.2, 0.25) is 0 Å². The second kappa shape index (κ2) is 10.5. The van der Waals surface area contributed by atoms with Gasteiger partial charge in [0.05, 0.1) is 17.8 Å². The lowest BCUT2D eigenvalue weighted by Gasteiger charge is -2.31. The van der Waals surface area contributed by atoms with Crippen molar-refractivity contribution in [2.45, 2.75) is 5.41 Å². The fourth-order valence-electron chi connectivity index (χ4n) is 8.51. The molecule has 9 aromatic rings. The number of pyridine rings is 2. The summed E-state index contributed by atoms with van der Waals surface area (Å²) in [5.74, 6) is 1.29. The molecule has 4 aromatic heterocycles. The van der Waals surface area contributed by atoms with Crippen molar-refractivity contribution in [3.05, 3.63) is 181 Å². The van der Waals surface area contributed by atoms with Crippen molar-refractivity contribution in [2.75, 3.05) is 0 Å². The van der Waals surface area contributed by atoms with Crippen LogP contribution in [0.1, 0.15) is 22.3 Å². The molecule has 0 radical (unpaired) electrons. The SMILES string of the molecule is c1ccc2c(c1)-c1ccccc1C21c2cc(-c3ccc(-c4cnco4)nc3)ccc2-c2c1cc(-c1ccc(-c3cnco3)nc1)c1ccccc21. The lowest BCUT2D eigenvalue weighted by molar-refractivity contribution is 0.569. The summed E-state index contributed by atoms with van der Waals surface area (Å²) >= 11 is 0. The third-order valence-electron chi connectivity index (χ3n) is 10.6. The average molecular weight is 655 g/mol. The van der Waals surface area contributed by atoms with Crippen LogP contribution in [0.25, 0.3) is 78.2 Å². The van der Waals surface area contributed by atoms with Crippen LogP contribution in [-0.4, -0.2) is 19.9 Å². The third-order valence-corrected chi connectivity index (χ3v) is 10.6. The molecule has 2 aliphatic rings. The van der Waals surface area contributed by atoms with Crippen LogP contribution in [0.3, 0.4) is 0 Å². The molecule has 0 fully saturated rings. The first-order chi connectivity index (χ1) is 25.3. The molecule has 0 N–H and O–H groups in total. The van der Waals surface area contributed by atoms with Gasteiger partial charge in [-0.15, -0.1) is 0 Å². The van der Waals surface area contributed by atoms with E-state index in [1.807, 2.05) is 24.5 Å². The zero-order valence-electron chi connectivity index (χ0n) is 27.1. The van der Waals surface area contributed by atoms with Gasteiger partial charge >= 0.3 is 0 Å². The van der Waals surface area contributed by atoms with Crippen molar-refractivity contribution in [1.82, 2.24) is 19.9 Å². The quantitative estimate of drug-likeness (QED) is 0.188. The van der Waals surface area contributed by atoms with Gasteiger partial charge in [0.2, 0.25) is 0 Å². The summed E-state index contributed by atoms with van der Waals surface area (Å²) in [6.45, 7) is 0. The Labute approximate surface area is 292 Å². The number of aromatic nitrogens is 4. The highest BCUT2D eigenvalue weighted by Gasteiger charge is 2.52. The number of fused-ring (bicyclic) bond motifs is 12. The van der Waals surface area contributed by atoms with Crippen molar-refractivity contribution in [1.29, 1.82) is 0 Å². The second-order valence-electron chi connectivity index (χ2n) is 13.1. The Morgan fingerprint density at radius 3 is 1.61 bits per heavy atom. The van der Waals surface area contributed by atoms with Gasteiger partial charge in [-0.05, 0) is 90.7 Å². The smallest absolute Gasteiger partial charge is 0.181 e. The minimum atomic E-state index is -0.535. The molecule has 0 bridgehead atoms. The van der Waals surface area contributed by atoms with E-state index in [1.54, 1.807) is 12.4 Å². The molecule has 238 valence electrons. The molecule has 5 aromatic carbocycles. The highest BCUT2D eigenvalue weighted by Crippen LogP contribution is 2.64. The van der Waals surface area contributed by atoms with Gasteiger partial charge in [-0.3, -0.25) is 9.97 Å². The summed E-state index contributed by atoms with van der Waals surface area (Å²) in [4.78, 5) is 17.7. The summed E-state index contributed by atoms with van der Waals surface area (Å²) in [7, 11) is 0. The number of benzene rings is 5. The summed E-state index contributed by atoms with van der Waals surface area (Å²) in [6, 6.07) is 44.2. The molecular formula is C45H26N4O2. The van der Waals surface area contributed by atoms with Gasteiger partial charge in [-0.25, -0.2) is 9.97 Å². The zero-order chi connectivity index (χ0) is 33.5. The Hall–Kier alpha value is -6.92. The first-order valence-corrected chi connectivity index (χ1v) is 16.9. The van der Waals surface area contributed by atoms with E-state index in [2.05, 4.69) is 119 Å². The first-order valence-electron chi connectivity index (χ1n) is 16.9. The van der Waals surface area contributed by atoms with Gasteiger partial charge < -0.3 is 8.83 Å². The molecule has 0 atom stereocenters. The Balaban J connectivity index is 1.19. The van der Waals surface area contributed by atoms with Crippen LogP contribution in [0.15, 0.2) is 168 Å². The molecule has 6 nitrogen and oxygen atoms in total. The van der Waals surface area contributed by atoms with E-state index in [-0.39, 0.29) is 0 Å². The van der Waals surface area contributed by atoms with E-state index in [0.717, 1.165) is 33.6 Å². The Kier molecular flexibility index (Phi) is 5.78. The summed E-state index contributed by atoms with van der Waals surface area (Å²) < 4.78 is 11.0. The third kappa shape index (κ3) is 3.87. The Morgan fingerprint density at radius 1 is 0.412 bits per heavy atom. The van der Waals surface area contributed by atoms with Crippen LogP contribution < -0.4 is 0 Å². The van der Waals surface area contributed by atoms with Crippen LogP contribution in [0.5, 0.6) is 0 Å². The molecular weight excluding hydrogens is 629 g/mol. The van der Waals surface area contributed by atoms with Gasteiger partial charge in [0, 0.05) is 23.5 Å². The number of nitrogens with zero attached hydrogens (tertiary/aromatic N) is 4. The summed E-state index contributed by atoms with van der Waals surface area (Å²) in [5.41, 5.74) is 15.5. The zero-order valence-corrected chi connectivity index (χ0v) is 27.1. The minimum absolute atomic E-state index is 0.535. The van der Waals surface area contributed by atoms with Crippen molar-refractivity contribution in [3.63, 3.8) is 0 Å². The molecule has 0 unspecified atom stereocenters. The Morgan fingerprint density at radius 2 is 1.00 bits per heavy atom. The predicted molar refractivity (Wildman–Crippen MR) is 198 cm³/mol. The number of hydrogen-bond donors (Lipinski definition) is 0. The molecule has 4 heterocycles. The maximum Gasteiger partial charge on any atom is 0.181 e. The van der Waals surface area contributed by atoms with E-state index in [1.165, 1.54) is 68.1 Å². The number of rotatable bonds is 4. The highest BCUT2D eigenvalue weighted by atomic mass is 16.3. The van der Waals surface area contributed by atoms with E-state index >= 15 is 0 Å². The van der Waals surface area contributed by atoms with E-state index in [9.17, 15) is 0 Å². The van der Waals surface area contributed by atoms with Crippen molar-refractivity contribution in [2.24, 2.45) is 0 Å². The summed E-state index contributed by atoms with van der Waals surface area (Å²) in [6.07, 6.45) is 10.1. The van der Waals surface area contributed by atoms with Crippen molar-refractivity contribution < 1.29 is 8.83 Å². The lowest BCUT2D eigenvalue weighted by Crippen LogP contribution is -2.26. The standard InChI is InChI=1S/C45H26N4O2/c1-2-10-33-30(7-1)35(29-15-18-41(49-22-29)43-24-47-26-51-43)20-39-44(33)34-16-13-27(28-14-17-40(48-21-28)42-23-46-25-50-42)19-38(34)45(39)36-11-5-3-8-31(36)32-9-4-6-12-37(32)45/h1-26H. The van der Waals surface area contributed by atoms with E-state index in [4.69, 9.17) is 18.8 Å². The average Bonchev–Trinajstić information content (AvgIpc) is 4.02. The molecule has 11 rings (SSSR count). The number of hydrogen-bond acceptors (Lipinski definition) is 6. The minimum Gasteiger partial charge on any atom is -0.442 e. The van der Waals surface area contributed by atoms with Crippen molar-refractivity contribution in [3.8, 4) is 67.4 Å². The largest absolute Gasteiger partial charge is 0.442 e. The fourth-order valence-corrected chi connectivity index (χ4v) is 8.51. The Bertz CT molecular complexity index is 2740. The van der Waals surface area contributed by atoms with Crippen LogP contribution >= 0.6 is 0 Å². The van der Waals surface area contributed by atoms with Crippen molar-refractivity contribution >= 4 is 10.8 Å². The van der Waals surface area contributed by atoms with E-state index in [0.29, 0.717) is 11.5 Å². The van der Waals surface area contributed by atoms with Crippen LogP contribution in [-0.2, 0) is 5.41 Å². The molecule has 1 spiro atoms. The monoisotopic (exact) mass is 654 g/mol. The maximum absolute atomic E-state index is 5.54.